The first-order valence-corrected chi connectivity index (χ1v) is 11.0. The summed E-state index contributed by atoms with van der Waals surface area (Å²) in [6, 6.07) is 12.2. The zero-order valence-electron chi connectivity index (χ0n) is 18.4. The van der Waals surface area contributed by atoms with Crippen molar-refractivity contribution in [3.63, 3.8) is 0 Å². The number of carboxylic acids is 1. The molecule has 2 aromatic carbocycles. The van der Waals surface area contributed by atoms with E-state index in [2.05, 4.69) is 4.98 Å². The number of hydrogen-bond donors (Lipinski definition) is 1. The van der Waals surface area contributed by atoms with Crippen LogP contribution in [0.5, 0.6) is 5.75 Å². The third-order valence-electron chi connectivity index (χ3n) is 4.96. The molecule has 0 aliphatic heterocycles. The van der Waals surface area contributed by atoms with E-state index in [1.807, 2.05) is 19.1 Å². The number of nitrogens with zero attached hydrogens (tertiary/aromatic N) is 1. The molecule has 1 heterocycles. The summed E-state index contributed by atoms with van der Waals surface area (Å²) in [4.78, 5) is 16.6. The molecule has 3 rings (SSSR count). The van der Waals surface area contributed by atoms with E-state index in [1.165, 1.54) is 37.3 Å². The standard InChI is InChI=1S/C24H24F3NO4S/c1-15-20(33-21(28-15)17-7-9-18(10-8-17)24(25,26)27)11-12-31-19-6-4-5-16(13-19)14-32-23(2,3)22(29)30/h4-10,13H,11-12,14H2,1-3H3,(H,29,30). The number of alkyl halides is 3. The highest BCUT2D eigenvalue weighted by molar-refractivity contribution is 7.15. The monoisotopic (exact) mass is 479 g/mol. The van der Waals surface area contributed by atoms with Gasteiger partial charge in [0.1, 0.15) is 10.8 Å². The highest BCUT2D eigenvalue weighted by atomic mass is 32.1. The number of rotatable bonds is 9. The normalized spacial score (nSPS) is 12.1. The molecule has 0 bridgehead atoms. The molecule has 0 radical (unpaired) electrons. The van der Waals surface area contributed by atoms with Crippen molar-refractivity contribution in [2.75, 3.05) is 6.61 Å². The van der Waals surface area contributed by atoms with Crippen molar-refractivity contribution in [2.45, 2.75) is 45.6 Å². The van der Waals surface area contributed by atoms with Crippen LogP contribution in [0.4, 0.5) is 13.2 Å². The van der Waals surface area contributed by atoms with Gasteiger partial charge in [0.25, 0.3) is 0 Å². The molecule has 5 nitrogen and oxygen atoms in total. The van der Waals surface area contributed by atoms with Crippen LogP contribution < -0.4 is 4.74 Å². The van der Waals surface area contributed by atoms with Gasteiger partial charge >= 0.3 is 12.1 Å². The van der Waals surface area contributed by atoms with E-state index in [1.54, 1.807) is 12.1 Å². The molecule has 176 valence electrons. The van der Waals surface area contributed by atoms with Gasteiger partial charge < -0.3 is 14.6 Å². The van der Waals surface area contributed by atoms with Crippen LogP contribution in [0, 0.1) is 6.92 Å². The van der Waals surface area contributed by atoms with Crippen LogP contribution >= 0.6 is 11.3 Å². The van der Waals surface area contributed by atoms with E-state index in [0.717, 1.165) is 28.3 Å². The highest BCUT2D eigenvalue weighted by Crippen LogP contribution is 2.33. The SMILES string of the molecule is Cc1nc(-c2ccc(C(F)(F)F)cc2)sc1CCOc1cccc(COC(C)(C)C(=O)O)c1. The fourth-order valence-corrected chi connectivity index (χ4v) is 3.95. The molecular weight excluding hydrogens is 455 g/mol. The molecule has 0 aliphatic carbocycles. The second-order valence-corrected chi connectivity index (χ2v) is 9.04. The van der Waals surface area contributed by atoms with Gasteiger partial charge in [-0.15, -0.1) is 11.3 Å². The molecule has 0 saturated carbocycles. The second-order valence-electron chi connectivity index (χ2n) is 7.95. The lowest BCUT2D eigenvalue weighted by atomic mass is 10.1. The summed E-state index contributed by atoms with van der Waals surface area (Å²) in [6.07, 6.45) is -3.77. The summed E-state index contributed by atoms with van der Waals surface area (Å²) < 4.78 is 49.6. The van der Waals surface area contributed by atoms with Crippen molar-refractivity contribution in [3.05, 3.63) is 70.2 Å². The molecule has 1 N–H and O–H groups in total. The van der Waals surface area contributed by atoms with Gasteiger partial charge in [-0.3, -0.25) is 0 Å². The maximum Gasteiger partial charge on any atom is 0.416 e. The van der Waals surface area contributed by atoms with Gasteiger partial charge in [-0.2, -0.15) is 13.2 Å². The smallest absolute Gasteiger partial charge is 0.416 e. The van der Waals surface area contributed by atoms with E-state index in [4.69, 9.17) is 14.6 Å². The summed E-state index contributed by atoms with van der Waals surface area (Å²) in [7, 11) is 0. The minimum absolute atomic E-state index is 0.140. The molecule has 0 aliphatic rings. The Labute approximate surface area is 193 Å². The average molecular weight is 480 g/mol. The third-order valence-corrected chi connectivity index (χ3v) is 6.23. The van der Waals surface area contributed by atoms with Crippen molar-refractivity contribution in [2.24, 2.45) is 0 Å². The molecule has 0 amide bonds. The Morgan fingerprint density at radius 2 is 1.82 bits per heavy atom. The minimum atomic E-state index is -4.37. The van der Waals surface area contributed by atoms with Crippen molar-refractivity contribution < 1.29 is 32.5 Å². The summed E-state index contributed by atoms with van der Waals surface area (Å²) in [6.45, 7) is 5.38. The molecule has 33 heavy (non-hydrogen) atoms. The molecule has 0 spiro atoms. The number of hydrogen-bond acceptors (Lipinski definition) is 5. The lowest BCUT2D eigenvalue weighted by Crippen LogP contribution is -2.34. The van der Waals surface area contributed by atoms with Gasteiger partial charge in [0, 0.05) is 16.9 Å². The predicted octanol–water partition coefficient (Wildman–Crippen LogP) is 6.14. The summed E-state index contributed by atoms with van der Waals surface area (Å²) in [5, 5.41) is 9.80. The molecule has 0 fully saturated rings. The van der Waals surface area contributed by atoms with Gasteiger partial charge in [0.15, 0.2) is 5.60 Å². The Morgan fingerprint density at radius 3 is 2.45 bits per heavy atom. The largest absolute Gasteiger partial charge is 0.493 e. The molecule has 3 aromatic rings. The van der Waals surface area contributed by atoms with Crippen LogP contribution in [-0.4, -0.2) is 28.3 Å². The Bertz CT molecular complexity index is 1110. The number of aryl methyl sites for hydroxylation is 1. The van der Waals surface area contributed by atoms with Crippen LogP contribution in [0.15, 0.2) is 48.5 Å². The van der Waals surface area contributed by atoms with Gasteiger partial charge in [0.2, 0.25) is 0 Å². The number of ether oxygens (including phenoxy) is 2. The number of benzene rings is 2. The molecular formula is C24H24F3NO4S. The van der Waals surface area contributed by atoms with Crippen LogP contribution in [-0.2, 0) is 28.7 Å². The summed E-state index contributed by atoms with van der Waals surface area (Å²) in [5.41, 5.74) is 0.273. The van der Waals surface area contributed by atoms with Gasteiger partial charge in [-0.1, -0.05) is 24.3 Å². The van der Waals surface area contributed by atoms with Crippen LogP contribution in [0.3, 0.4) is 0 Å². The Kier molecular flexibility index (Phi) is 7.44. The third kappa shape index (κ3) is 6.55. The molecule has 1 aromatic heterocycles. The lowest BCUT2D eigenvalue weighted by Gasteiger charge is -2.20. The summed E-state index contributed by atoms with van der Waals surface area (Å²) >= 11 is 1.43. The molecule has 0 saturated heterocycles. The molecule has 9 heteroatoms. The lowest BCUT2D eigenvalue weighted by molar-refractivity contribution is -0.162. The van der Waals surface area contributed by atoms with Crippen LogP contribution in [0.1, 0.15) is 35.5 Å². The molecule has 0 atom stereocenters. The summed E-state index contributed by atoms with van der Waals surface area (Å²) in [5.74, 6) is -0.403. The van der Waals surface area contributed by atoms with E-state index < -0.39 is 23.3 Å². The van der Waals surface area contributed by atoms with Gasteiger partial charge in [-0.25, -0.2) is 9.78 Å². The van der Waals surface area contributed by atoms with Crippen molar-refractivity contribution >= 4 is 17.3 Å². The Morgan fingerprint density at radius 1 is 1.12 bits per heavy atom. The quantitative estimate of drug-likeness (QED) is 0.399. The maximum absolute atomic E-state index is 12.8. The maximum atomic E-state index is 12.8. The number of aliphatic carboxylic acids is 1. The van der Waals surface area contributed by atoms with E-state index in [-0.39, 0.29) is 6.61 Å². The molecule has 0 unspecified atom stereocenters. The van der Waals surface area contributed by atoms with Crippen LogP contribution in [0.25, 0.3) is 10.6 Å². The number of aromatic nitrogens is 1. The zero-order chi connectivity index (χ0) is 24.2. The number of halogens is 3. The van der Waals surface area contributed by atoms with Crippen molar-refractivity contribution in [3.8, 4) is 16.3 Å². The zero-order valence-corrected chi connectivity index (χ0v) is 19.2. The minimum Gasteiger partial charge on any atom is -0.493 e. The Balaban J connectivity index is 1.58. The first-order chi connectivity index (χ1) is 15.5. The number of thiazole rings is 1. The fourth-order valence-electron chi connectivity index (χ4n) is 2.90. The van der Waals surface area contributed by atoms with Crippen molar-refractivity contribution in [1.82, 2.24) is 4.98 Å². The van der Waals surface area contributed by atoms with E-state index in [9.17, 15) is 18.0 Å². The fraction of sp³-hybridized carbons (Fsp3) is 0.333. The average Bonchev–Trinajstić information content (AvgIpc) is 3.12. The topological polar surface area (TPSA) is 68.7 Å². The Hall–Kier alpha value is -2.91. The highest BCUT2D eigenvalue weighted by Gasteiger charge is 2.30. The predicted molar refractivity (Wildman–Crippen MR) is 119 cm³/mol. The first kappa shape index (κ1) is 24.7. The first-order valence-electron chi connectivity index (χ1n) is 10.2. The second kappa shape index (κ2) is 9.93. The van der Waals surface area contributed by atoms with E-state index in [0.29, 0.717) is 29.3 Å². The van der Waals surface area contributed by atoms with Gasteiger partial charge in [0.05, 0.1) is 24.5 Å². The van der Waals surface area contributed by atoms with Crippen molar-refractivity contribution in [1.29, 1.82) is 0 Å². The van der Waals surface area contributed by atoms with E-state index >= 15 is 0 Å². The number of carboxylic acid groups (broad SMARTS) is 1. The number of carbonyl (C=O) groups is 1. The van der Waals surface area contributed by atoms with Crippen LogP contribution in [0.2, 0.25) is 0 Å². The van der Waals surface area contributed by atoms with Gasteiger partial charge in [-0.05, 0) is 50.6 Å².